The lowest BCUT2D eigenvalue weighted by Gasteiger charge is -2.25. The van der Waals surface area contributed by atoms with Gasteiger partial charge in [-0.2, -0.15) is 0 Å². The number of amidine groups is 2. The Morgan fingerprint density at radius 2 is 1.62 bits per heavy atom. The number of halogens is 1. The lowest BCUT2D eigenvalue weighted by molar-refractivity contribution is 0.443. The van der Waals surface area contributed by atoms with E-state index < -0.39 is 5.82 Å². The van der Waals surface area contributed by atoms with Gasteiger partial charge in [0.15, 0.2) is 0 Å². The molecule has 0 unspecified atom stereocenters. The third-order valence-electron chi connectivity index (χ3n) is 3.67. The molecule has 0 spiro atoms. The van der Waals surface area contributed by atoms with Gasteiger partial charge in [-0.1, -0.05) is 13.8 Å². The first-order valence-corrected chi connectivity index (χ1v) is 7.48. The monoisotopic (exact) mass is 329 g/mol. The first-order valence-electron chi connectivity index (χ1n) is 7.48. The summed E-state index contributed by atoms with van der Waals surface area (Å²) in [6.07, 6.45) is 0. The molecule has 0 saturated heterocycles. The molecule has 0 aliphatic rings. The Hall–Kier alpha value is -2.89. The number of nitrogens with one attached hydrogen (secondary N) is 2. The Kier molecular flexibility index (Phi) is 4.87. The fourth-order valence-corrected chi connectivity index (χ4v) is 2.45. The summed E-state index contributed by atoms with van der Waals surface area (Å²) >= 11 is 0. The van der Waals surface area contributed by atoms with Crippen LogP contribution in [0.25, 0.3) is 0 Å². The molecule has 0 aromatic heterocycles. The molecule has 4 N–H and O–H groups in total. The van der Waals surface area contributed by atoms with E-state index in [-0.39, 0.29) is 34.7 Å². The smallest absolute Gasteiger partial charge is 0.141 e. The number of aromatic hydroxyl groups is 2. The minimum atomic E-state index is -0.414. The fourth-order valence-electron chi connectivity index (χ4n) is 2.45. The van der Waals surface area contributed by atoms with Gasteiger partial charge in [0.05, 0.1) is 5.56 Å². The molecule has 2 aromatic rings. The van der Waals surface area contributed by atoms with Gasteiger partial charge in [0, 0.05) is 11.8 Å². The molecule has 0 atom stereocenters. The van der Waals surface area contributed by atoms with Crippen molar-refractivity contribution in [2.75, 3.05) is 4.90 Å². The number of benzene rings is 2. The lowest BCUT2D eigenvalue weighted by Crippen LogP contribution is -2.35. The normalized spacial score (nSPS) is 10.7. The van der Waals surface area contributed by atoms with Crippen LogP contribution in [0.5, 0.6) is 11.5 Å². The molecule has 0 heterocycles. The fraction of sp³-hybridized carbons (Fsp3) is 0.222. The molecule has 5 nitrogen and oxygen atoms in total. The molecular weight excluding hydrogens is 309 g/mol. The summed E-state index contributed by atoms with van der Waals surface area (Å²) in [5.41, 5.74) is 1.22. The number of rotatable bonds is 3. The van der Waals surface area contributed by atoms with Crippen LogP contribution < -0.4 is 4.90 Å². The Balaban J connectivity index is 2.53. The van der Waals surface area contributed by atoms with E-state index in [0.717, 1.165) is 0 Å². The molecule has 2 aromatic carbocycles. The maximum absolute atomic E-state index is 13.1. The zero-order valence-electron chi connectivity index (χ0n) is 13.8. The van der Waals surface area contributed by atoms with Gasteiger partial charge in [-0.05, 0) is 48.7 Å². The molecule has 0 saturated carbocycles. The Labute approximate surface area is 140 Å². The molecule has 0 radical (unpaired) electrons. The van der Waals surface area contributed by atoms with Crippen LogP contribution in [0.4, 0.5) is 10.1 Å². The quantitative estimate of drug-likeness (QED) is 0.502. The summed E-state index contributed by atoms with van der Waals surface area (Å²) in [4.78, 5) is 1.29. The molecule has 24 heavy (non-hydrogen) atoms. The van der Waals surface area contributed by atoms with Crippen molar-refractivity contribution < 1.29 is 14.6 Å². The SMILES string of the molecule is CC(=N)N(C(=N)c1cc(C(C)C)c(O)cc1O)c1ccc(F)cc1. The molecule has 0 fully saturated rings. The van der Waals surface area contributed by atoms with E-state index in [1.807, 2.05) is 13.8 Å². The summed E-state index contributed by atoms with van der Waals surface area (Å²) in [6, 6.07) is 8.15. The minimum Gasteiger partial charge on any atom is -0.508 e. The van der Waals surface area contributed by atoms with Gasteiger partial charge in [-0.15, -0.1) is 0 Å². The topological polar surface area (TPSA) is 91.4 Å². The highest BCUT2D eigenvalue weighted by molar-refractivity contribution is 6.23. The van der Waals surface area contributed by atoms with E-state index in [9.17, 15) is 14.6 Å². The largest absolute Gasteiger partial charge is 0.508 e. The van der Waals surface area contributed by atoms with Crippen molar-refractivity contribution in [2.45, 2.75) is 26.7 Å². The van der Waals surface area contributed by atoms with Gasteiger partial charge < -0.3 is 10.2 Å². The number of nitrogens with zero attached hydrogens (tertiary/aromatic N) is 1. The second-order valence-electron chi connectivity index (χ2n) is 5.83. The third-order valence-corrected chi connectivity index (χ3v) is 3.67. The van der Waals surface area contributed by atoms with Crippen LogP contribution in [0.2, 0.25) is 0 Å². The number of anilines is 1. The Morgan fingerprint density at radius 1 is 1.04 bits per heavy atom. The molecule has 0 aliphatic carbocycles. The maximum Gasteiger partial charge on any atom is 0.141 e. The summed E-state index contributed by atoms with van der Waals surface area (Å²) in [5, 5.41) is 36.4. The van der Waals surface area contributed by atoms with Crippen molar-refractivity contribution in [1.29, 1.82) is 10.8 Å². The molecule has 2 rings (SSSR count). The first-order chi connectivity index (χ1) is 11.2. The first kappa shape index (κ1) is 17.5. The van der Waals surface area contributed by atoms with Crippen molar-refractivity contribution >= 4 is 17.4 Å². The zero-order valence-corrected chi connectivity index (χ0v) is 13.8. The third kappa shape index (κ3) is 3.37. The molecule has 0 bridgehead atoms. The Bertz CT molecular complexity index is 786. The molecule has 0 amide bonds. The van der Waals surface area contributed by atoms with Gasteiger partial charge >= 0.3 is 0 Å². The summed E-state index contributed by atoms with van der Waals surface area (Å²) in [6.45, 7) is 5.27. The van der Waals surface area contributed by atoms with Gasteiger partial charge in [0.2, 0.25) is 0 Å². The highest BCUT2D eigenvalue weighted by Crippen LogP contribution is 2.33. The van der Waals surface area contributed by atoms with E-state index in [2.05, 4.69) is 0 Å². The predicted molar refractivity (Wildman–Crippen MR) is 93.0 cm³/mol. The van der Waals surface area contributed by atoms with Crippen molar-refractivity contribution in [2.24, 2.45) is 0 Å². The molecule has 0 aliphatic heterocycles. The highest BCUT2D eigenvalue weighted by Gasteiger charge is 2.21. The number of phenols is 2. The zero-order chi connectivity index (χ0) is 18.0. The van der Waals surface area contributed by atoms with Crippen LogP contribution in [0.1, 0.15) is 37.8 Å². The number of hydrogen-bond donors (Lipinski definition) is 4. The Morgan fingerprint density at radius 3 is 2.12 bits per heavy atom. The van der Waals surface area contributed by atoms with E-state index >= 15 is 0 Å². The second-order valence-corrected chi connectivity index (χ2v) is 5.83. The average Bonchev–Trinajstić information content (AvgIpc) is 2.48. The minimum absolute atomic E-state index is 0.00232. The van der Waals surface area contributed by atoms with Crippen molar-refractivity contribution in [1.82, 2.24) is 0 Å². The van der Waals surface area contributed by atoms with Crippen molar-refractivity contribution in [3.8, 4) is 11.5 Å². The summed E-state index contributed by atoms with van der Waals surface area (Å²) in [7, 11) is 0. The van der Waals surface area contributed by atoms with Gasteiger partial charge in [-0.25, -0.2) is 4.39 Å². The van der Waals surface area contributed by atoms with Crippen LogP contribution in [0, 0.1) is 16.6 Å². The van der Waals surface area contributed by atoms with Crippen molar-refractivity contribution in [3.05, 3.63) is 53.3 Å². The van der Waals surface area contributed by atoms with Gasteiger partial charge in [0.1, 0.15) is 29.0 Å². The van der Waals surface area contributed by atoms with Crippen LogP contribution in [-0.2, 0) is 0 Å². The predicted octanol–water partition coefficient (Wildman–Crippen LogP) is 4.19. The van der Waals surface area contributed by atoms with E-state index in [1.165, 1.54) is 48.2 Å². The van der Waals surface area contributed by atoms with Crippen LogP contribution in [0.15, 0.2) is 36.4 Å². The number of phenolic OH excluding ortho intramolecular Hbond substituents is 2. The maximum atomic E-state index is 13.1. The van der Waals surface area contributed by atoms with Crippen LogP contribution in [0.3, 0.4) is 0 Å². The summed E-state index contributed by atoms with van der Waals surface area (Å²) < 4.78 is 13.1. The lowest BCUT2D eigenvalue weighted by atomic mass is 9.98. The molecular formula is C18H20FN3O2. The molecule has 126 valence electrons. The second kappa shape index (κ2) is 6.70. The van der Waals surface area contributed by atoms with E-state index in [4.69, 9.17) is 10.8 Å². The van der Waals surface area contributed by atoms with E-state index in [1.54, 1.807) is 0 Å². The standard InChI is InChI=1S/C18H20FN3O2/c1-10(2)14-8-15(17(24)9-16(14)23)18(21)22(11(3)20)13-6-4-12(19)5-7-13/h4-10,20-21,23-24H,1-3H3. The van der Waals surface area contributed by atoms with Crippen LogP contribution >= 0.6 is 0 Å². The van der Waals surface area contributed by atoms with Gasteiger partial charge in [0.25, 0.3) is 0 Å². The van der Waals surface area contributed by atoms with Crippen LogP contribution in [-0.4, -0.2) is 21.9 Å². The van der Waals surface area contributed by atoms with Gasteiger partial charge in [-0.3, -0.25) is 15.7 Å². The summed E-state index contributed by atoms with van der Waals surface area (Å²) in [5.74, 6) is -0.798. The highest BCUT2D eigenvalue weighted by atomic mass is 19.1. The van der Waals surface area contributed by atoms with E-state index in [0.29, 0.717) is 11.3 Å². The number of hydrogen-bond acceptors (Lipinski definition) is 4. The van der Waals surface area contributed by atoms with Crippen molar-refractivity contribution in [3.63, 3.8) is 0 Å². The average molecular weight is 329 g/mol. The molecule has 6 heteroatoms.